The van der Waals surface area contributed by atoms with Crippen molar-refractivity contribution in [2.24, 2.45) is 0 Å². The highest BCUT2D eigenvalue weighted by molar-refractivity contribution is 7.18. The number of pyridine rings is 3. The summed E-state index contributed by atoms with van der Waals surface area (Å²) in [4.78, 5) is 14.3. The van der Waals surface area contributed by atoms with Crippen molar-refractivity contribution < 1.29 is 0 Å². The molecule has 0 spiro atoms. The van der Waals surface area contributed by atoms with E-state index in [0.29, 0.717) is 0 Å². The van der Waals surface area contributed by atoms with Gasteiger partial charge in [0, 0.05) is 18.6 Å². The molecule has 3 aromatic heterocycles. The van der Waals surface area contributed by atoms with E-state index in [1.807, 2.05) is 61.1 Å². The van der Waals surface area contributed by atoms with Crippen LogP contribution in [0, 0.1) is 0 Å². The Balaban J connectivity index is 2.10. The minimum Gasteiger partial charge on any atom is -0.302 e. The number of rotatable bonds is 5. The van der Waals surface area contributed by atoms with Crippen molar-refractivity contribution in [3.05, 3.63) is 110 Å². The smallest absolute Gasteiger partial charge is 0.168 e. The molecule has 0 atom stereocenters. The largest absolute Gasteiger partial charge is 0.302 e. The average molecular weight is 348 g/mol. The van der Waals surface area contributed by atoms with Crippen LogP contribution in [-0.4, -0.2) is 21.1 Å². The quantitative estimate of drug-likeness (QED) is 0.517. The normalized spacial score (nSPS) is 11.1. The fourth-order valence-corrected chi connectivity index (χ4v) is 3.78. The van der Waals surface area contributed by atoms with E-state index >= 15 is 0 Å². The molecule has 0 bridgehead atoms. The number of hydrogen-bond donors (Lipinski definition) is 0. The third-order valence-electron chi connectivity index (χ3n) is 5.07. The molecule has 4 aromatic rings. The van der Waals surface area contributed by atoms with Crippen molar-refractivity contribution >= 4 is 34.5 Å². The van der Waals surface area contributed by atoms with Gasteiger partial charge in [0.05, 0.1) is 0 Å². The molecule has 3 heterocycles. The Hall–Kier alpha value is -3.53. The fourth-order valence-electron chi connectivity index (χ4n) is 3.78. The molecule has 0 unspecified atom stereocenters. The SMILES string of the molecule is C=Cc1ccc([B-](c2ccccn2)(c2ccccn2)c2ccccn2)cc1. The van der Waals surface area contributed by atoms with Gasteiger partial charge in [0.1, 0.15) is 0 Å². The Morgan fingerprint density at radius 3 is 1.37 bits per heavy atom. The van der Waals surface area contributed by atoms with Crippen molar-refractivity contribution in [1.82, 2.24) is 15.0 Å². The van der Waals surface area contributed by atoms with Gasteiger partial charge in [-0.1, -0.05) is 73.3 Å². The first kappa shape index (κ1) is 16.9. The van der Waals surface area contributed by atoms with Crippen LogP contribution < -0.4 is 22.2 Å². The van der Waals surface area contributed by atoms with Gasteiger partial charge < -0.3 is 15.0 Å². The molecule has 1 aromatic carbocycles. The Kier molecular flexibility index (Phi) is 4.62. The lowest BCUT2D eigenvalue weighted by molar-refractivity contribution is 1.32. The van der Waals surface area contributed by atoms with Crippen LogP contribution in [0.1, 0.15) is 5.56 Å². The van der Waals surface area contributed by atoms with Gasteiger partial charge in [-0.05, 0) is 23.8 Å². The summed E-state index contributed by atoms with van der Waals surface area (Å²) < 4.78 is 0. The predicted octanol–water partition coefficient (Wildman–Crippen LogP) is 1.89. The van der Waals surface area contributed by atoms with Gasteiger partial charge in [-0.2, -0.15) is 5.46 Å². The molecule has 4 rings (SSSR count). The molecule has 0 aliphatic carbocycles. The third-order valence-corrected chi connectivity index (χ3v) is 5.07. The van der Waals surface area contributed by atoms with Gasteiger partial charge in [0.15, 0.2) is 6.15 Å². The Morgan fingerprint density at radius 2 is 1.04 bits per heavy atom. The van der Waals surface area contributed by atoms with Crippen LogP contribution in [0.5, 0.6) is 0 Å². The van der Waals surface area contributed by atoms with Crippen LogP contribution in [0.25, 0.3) is 6.08 Å². The first-order valence-corrected chi connectivity index (χ1v) is 8.98. The number of aromatic nitrogens is 3. The second-order valence-electron chi connectivity index (χ2n) is 6.50. The Morgan fingerprint density at radius 1 is 0.593 bits per heavy atom. The molecule has 0 aliphatic heterocycles. The van der Waals surface area contributed by atoms with Gasteiger partial charge >= 0.3 is 0 Å². The second kappa shape index (κ2) is 7.38. The van der Waals surface area contributed by atoms with E-state index in [-0.39, 0.29) is 0 Å². The molecule has 4 heteroatoms. The van der Waals surface area contributed by atoms with Gasteiger partial charge in [-0.15, -0.1) is 16.8 Å². The topological polar surface area (TPSA) is 38.7 Å². The van der Waals surface area contributed by atoms with E-state index in [4.69, 9.17) is 15.0 Å². The van der Waals surface area contributed by atoms with E-state index in [1.54, 1.807) is 0 Å². The molecule has 0 fully saturated rings. The molecule has 0 aliphatic rings. The van der Waals surface area contributed by atoms with Crippen LogP contribution in [0.3, 0.4) is 0 Å². The zero-order valence-corrected chi connectivity index (χ0v) is 14.9. The van der Waals surface area contributed by atoms with E-state index in [0.717, 1.165) is 27.8 Å². The van der Waals surface area contributed by atoms with Crippen molar-refractivity contribution in [2.75, 3.05) is 0 Å². The maximum absolute atomic E-state index is 4.75. The summed E-state index contributed by atoms with van der Waals surface area (Å²) in [5.74, 6) is 0. The zero-order valence-electron chi connectivity index (χ0n) is 14.9. The van der Waals surface area contributed by atoms with E-state index < -0.39 is 6.15 Å². The first-order chi connectivity index (χ1) is 13.4. The monoisotopic (exact) mass is 348 g/mol. The van der Waals surface area contributed by atoms with Gasteiger partial charge in [0.2, 0.25) is 0 Å². The third kappa shape index (κ3) is 2.95. The second-order valence-corrected chi connectivity index (χ2v) is 6.50. The molecule has 0 N–H and O–H groups in total. The lowest BCUT2D eigenvalue weighted by atomic mass is 9.16. The molecular weight excluding hydrogens is 329 g/mol. The number of nitrogens with zero attached hydrogens (tertiary/aromatic N) is 3. The molecule has 0 saturated heterocycles. The summed E-state index contributed by atoms with van der Waals surface area (Å²) in [7, 11) is 0. The van der Waals surface area contributed by atoms with Gasteiger partial charge in [-0.25, -0.2) is 0 Å². The minimum atomic E-state index is -1.60. The maximum Gasteiger partial charge on any atom is 0.168 e. The van der Waals surface area contributed by atoms with Crippen LogP contribution in [-0.2, 0) is 0 Å². The Labute approximate surface area is 159 Å². The van der Waals surface area contributed by atoms with Crippen LogP contribution in [0.2, 0.25) is 0 Å². The Bertz CT molecular complexity index is 921. The van der Waals surface area contributed by atoms with E-state index in [2.05, 4.69) is 49.0 Å². The molecule has 27 heavy (non-hydrogen) atoms. The molecule has 0 amide bonds. The van der Waals surface area contributed by atoms with Crippen molar-refractivity contribution in [3.8, 4) is 0 Å². The summed E-state index contributed by atoms with van der Waals surface area (Å²) in [5, 5.41) is 0. The lowest BCUT2D eigenvalue weighted by Gasteiger charge is -2.40. The van der Waals surface area contributed by atoms with Crippen LogP contribution in [0.4, 0.5) is 0 Å². The summed E-state index contributed by atoms with van der Waals surface area (Å²) in [6.45, 7) is 3.87. The summed E-state index contributed by atoms with van der Waals surface area (Å²) >= 11 is 0. The molecular formula is C23H19BN3-. The predicted molar refractivity (Wildman–Crippen MR) is 114 cm³/mol. The zero-order chi connectivity index (χ0) is 18.5. The van der Waals surface area contributed by atoms with Crippen molar-refractivity contribution in [3.63, 3.8) is 0 Å². The highest BCUT2D eigenvalue weighted by Crippen LogP contribution is 2.07. The minimum absolute atomic E-state index is 0.946. The first-order valence-electron chi connectivity index (χ1n) is 8.98. The van der Waals surface area contributed by atoms with Gasteiger partial charge in [0.25, 0.3) is 0 Å². The summed E-state index contributed by atoms with van der Waals surface area (Å²) in [5.41, 5.74) is 5.03. The van der Waals surface area contributed by atoms with Crippen molar-refractivity contribution in [1.29, 1.82) is 0 Å². The molecule has 130 valence electrons. The molecule has 0 saturated carbocycles. The fraction of sp³-hybridized carbons (Fsp3) is 0. The van der Waals surface area contributed by atoms with E-state index in [9.17, 15) is 0 Å². The van der Waals surface area contributed by atoms with Gasteiger partial charge in [-0.3, -0.25) is 0 Å². The summed E-state index contributed by atoms with van der Waals surface area (Å²) in [6.07, 6.45) is 5.73. The maximum atomic E-state index is 4.75. The molecule has 3 nitrogen and oxygen atoms in total. The average Bonchev–Trinajstić information content (AvgIpc) is 2.77. The highest BCUT2D eigenvalue weighted by Gasteiger charge is 2.35. The number of benzene rings is 1. The van der Waals surface area contributed by atoms with Crippen molar-refractivity contribution in [2.45, 2.75) is 0 Å². The lowest BCUT2D eigenvalue weighted by Crippen LogP contribution is -2.76. The molecule has 0 radical (unpaired) electrons. The summed E-state index contributed by atoms with van der Waals surface area (Å²) in [6, 6.07) is 26.5. The number of hydrogen-bond acceptors (Lipinski definition) is 3. The van der Waals surface area contributed by atoms with Crippen LogP contribution in [0.15, 0.2) is 104 Å². The standard InChI is InChI=1S/C23H19BN3/c1-2-19-12-14-20(15-13-19)24(21-9-3-6-16-25-21,22-10-4-7-17-26-22)23-11-5-8-18-27-23/h2-18H,1H2/q-1. The highest BCUT2D eigenvalue weighted by atomic mass is 14.7. The van der Waals surface area contributed by atoms with Crippen LogP contribution >= 0.6 is 0 Å². The van der Waals surface area contributed by atoms with E-state index in [1.165, 1.54) is 0 Å².